The van der Waals surface area contributed by atoms with Crippen molar-refractivity contribution >= 4 is 23.4 Å². The van der Waals surface area contributed by atoms with Gasteiger partial charge in [-0.2, -0.15) is 0 Å². The summed E-state index contributed by atoms with van der Waals surface area (Å²) in [7, 11) is 1.61. The van der Waals surface area contributed by atoms with E-state index in [0.29, 0.717) is 5.56 Å². The number of likely N-dealkylation sites (N-methyl/N-ethyl adjacent to an activating group) is 1. The second kappa shape index (κ2) is 12.1. The Morgan fingerprint density at radius 3 is 2.51 bits per heavy atom. The zero-order valence-corrected chi connectivity index (χ0v) is 22.4. The molecular formula is C30H29ClFN3O4. The summed E-state index contributed by atoms with van der Waals surface area (Å²) in [6.07, 6.45) is 3.25. The summed E-state index contributed by atoms with van der Waals surface area (Å²) in [5.41, 5.74) is 1.25. The van der Waals surface area contributed by atoms with Crippen molar-refractivity contribution in [3.8, 4) is 5.75 Å². The fourth-order valence-electron chi connectivity index (χ4n) is 4.57. The van der Waals surface area contributed by atoms with Gasteiger partial charge in [-0.15, -0.1) is 13.2 Å². The minimum Gasteiger partial charge on any atom is -0.483 e. The zero-order chi connectivity index (χ0) is 28.1. The number of pyridine rings is 1. The number of ether oxygens (including phenoxy) is 1. The van der Waals surface area contributed by atoms with Gasteiger partial charge in [-0.05, 0) is 29.7 Å². The molecule has 0 fully saturated rings. The lowest BCUT2D eigenvalue weighted by Crippen LogP contribution is -2.45. The first-order valence-corrected chi connectivity index (χ1v) is 12.8. The zero-order valence-electron chi connectivity index (χ0n) is 21.7. The highest BCUT2D eigenvalue weighted by Crippen LogP contribution is 2.28. The largest absolute Gasteiger partial charge is 0.483 e. The van der Waals surface area contributed by atoms with Crippen molar-refractivity contribution in [3.05, 3.63) is 123 Å². The van der Waals surface area contributed by atoms with E-state index < -0.39 is 23.1 Å². The molecule has 0 atom stereocenters. The number of benzene rings is 2. The summed E-state index contributed by atoms with van der Waals surface area (Å²) in [5.74, 6) is -1.57. The van der Waals surface area contributed by atoms with Crippen LogP contribution in [0, 0.1) is 5.82 Å². The molecule has 3 aromatic rings. The number of hydrogen-bond acceptors (Lipinski definition) is 4. The molecule has 1 aliphatic rings. The Bertz CT molecular complexity index is 1490. The summed E-state index contributed by atoms with van der Waals surface area (Å²) in [5, 5.41) is -0.0485. The van der Waals surface area contributed by atoms with Gasteiger partial charge in [0.05, 0.1) is 5.02 Å². The van der Waals surface area contributed by atoms with Crippen molar-refractivity contribution in [3.63, 3.8) is 0 Å². The van der Waals surface area contributed by atoms with Crippen LogP contribution in [0.2, 0.25) is 5.02 Å². The summed E-state index contributed by atoms with van der Waals surface area (Å²) in [4.78, 5) is 44.3. The van der Waals surface area contributed by atoms with E-state index in [2.05, 4.69) is 13.2 Å². The van der Waals surface area contributed by atoms with Gasteiger partial charge in [0, 0.05) is 38.8 Å². The summed E-state index contributed by atoms with van der Waals surface area (Å²) >= 11 is 5.95. The van der Waals surface area contributed by atoms with Crippen molar-refractivity contribution in [2.45, 2.75) is 26.1 Å². The lowest BCUT2D eigenvalue weighted by Gasteiger charge is -2.34. The maximum absolute atomic E-state index is 13.9. The number of halogens is 2. The maximum Gasteiger partial charge on any atom is 0.274 e. The van der Waals surface area contributed by atoms with Crippen LogP contribution in [0.4, 0.5) is 4.39 Å². The lowest BCUT2D eigenvalue weighted by atomic mass is 10.0. The Morgan fingerprint density at radius 1 is 1.10 bits per heavy atom. The van der Waals surface area contributed by atoms with E-state index in [0.717, 1.165) is 5.56 Å². The number of rotatable bonds is 10. The SMILES string of the molecule is C=CCc1c(C(=O)N(C)CC=C)n2c(c(OCc3ccccc3)c1=O)C(=O)N(Cc1ccc(F)c(Cl)c1)CC2. The van der Waals surface area contributed by atoms with E-state index in [1.807, 2.05) is 30.3 Å². The normalized spacial score (nSPS) is 12.6. The molecular weight excluding hydrogens is 521 g/mol. The number of allylic oxidation sites excluding steroid dienone is 1. The number of amides is 2. The third-order valence-electron chi connectivity index (χ3n) is 6.49. The fraction of sp³-hybridized carbons (Fsp3) is 0.233. The van der Waals surface area contributed by atoms with Crippen molar-refractivity contribution in [2.24, 2.45) is 0 Å². The van der Waals surface area contributed by atoms with Gasteiger partial charge in [0.1, 0.15) is 18.1 Å². The van der Waals surface area contributed by atoms with Gasteiger partial charge in [-0.25, -0.2) is 4.39 Å². The van der Waals surface area contributed by atoms with Crippen molar-refractivity contribution < 1.29 is 18.7 Å². The highest BCUT2D eigenvalue weighted by atomic mass is 35.5. The molecule has 0 N–H and O–H groups in total. The molecule has 0 unspecified atom stereocenters. The van der Waals surface area contributed by atoms with Crippen molar-refractivity contribution in [1.29, 1.82) is 0 Å². The number of hydrogen-bond donors (Lipinski definition) is 0. The third-order valence-corrected chi connectivity index (χ3v) is 6.78. The summed E-state index contributed by atoms with van der Waals surface area (Å²) < 4.78 is 21.3. The maximum atomic E-state index is 13.9. The lowest BCUT2D eigenvalue weighted by molar-refractivity contribution is 0.0671. The molecule has 0 radical (unpaired) electrons. The average molecular weight is 550 g/mol. The number of carbonyl (C=O) groups excluding carboxylic acids is 2. The smallest absolute Gasteiger partial charge is 0.274 e. The molecule has 2 aromatic carbocycles. The van der Waals surface area contributed by atoms with E-state index in [-0.39, 0.29) is 66.9 Å². The monoisotopic (exact) mass is 549 g/mol. The quantitative estimate of drug-likeness (QED) is 0.339. The molecule has 39 heavy (non-hydrogen) atoms. The highest BCUT2D eigenvalue weighted by molar-refractivity contribution is 6.30. The summed E-state index contributed by atoms with van der Waals surface area (Å²) in [6.45, 7) is 8.39. The van der Waals surface area contributed by atoms with Gasteiger partial charge >= 0.3 is 0 Å². The fourth-order valence-corrected chi connectivity index (χ4v) is 4.77. The molecule has 0 saturated carbocycles. The molecule has 0 bridgehead atoms. The molecule has 2 amide bonds. The van der Waals surface area contributed by atoms with Crippen LogP contribution >= 0.6 is 11.6 Å². The molecule has 202 valence electrons. The van der Waals surface area contributed by atoms with E-state index >= 15 is 0 Å². The van der Waals surface area contributed by atoms with Crippen LogP contribution < -0.4 is 10.2 Å². The Morgan fingerprint density at radius 2 is 1.85 bits per heavy atom. The van der Waals surface area contributed by atoms with Crippen LogP contribution in [-0.4, -0.2) is 46.3 Å². The van der Waals surface area contributed by atoms with Gasteiger partial charge < -0.3 is 19.1 Å². The van der Waals surface area contributed by atoms with E-state index in [1.165, 1.54) is 21.9 Å². The van der Waals surface area contributed by atoms with Crippen molar-refractivity contribution in [1.82, 2.24) is 14.4 Å². The molecule has 0 saturated heterocycles. The Kier molecular flexibility index (Phi) is 8.66. The van der Waals surface area contributed by atoms with E-state index in [1.54, 1.807) is 29.8 Å². The molecule has 1 aromatic heterocycles. The number of carbonyl (C=O) groups is 2. The molecule has 1 aliphatic heterocycles. The van der Waals surface area contributed by atoms with Gasteiger partial charge in [0.2, 0.25) is 5.43 Å². The van der Waals surface area contributed by atoms with Crippen molar-refractivity contribution in [2.75, 3.05) is 20.1 Å². The highest BCUT2D eigenvalue weighted by Gasteiger charge is 2.35. The number of nitrogens with zero attached hydrogens (tertiary/aromatic N) is 3. The van der Waals surface area contributed by atoms with Gasteiger partial charge in [0.15, 0.2) is 11.4 Å². The van der Waals surface area contributed by atoms with E-state index in [9.17, 15) is 18.8 Å². The summed E-state index contributed by atoms with van der Waals surface area (Å²) in [6, 6.07) is 13.5. The second-order valence-electron chi connectivity index (χ2n) is 9.20. The first-order valence-electron chi connectivity index (χ1n) is 12.4. The second-order valence-corrected chi connectivity index (χ2v) is 9.61. The minimum atomic E-state index is -0.555. The van der Waals surface area contributed by atoms with Crippen LogP contribution in [0.3, 0.4) is 0 Å². The Labute approximate surface area is 231 Å². The number of aromatic nitrogens is 1. The van der Waals surface area contributed by atoms with Crippen LogP contribution in [0.1, 0.15) is 37.7 Å². The average Bonchev–Trinajstić information content (AvgIpc) is 2.93. The predicted octanol–water partition coefficient (Wildman–Crippen LogP) is 4.86. The Hall–Kier alpha value is -4.17. The standard InChI is InChI=1S/C30H29ClFN3O4/c1-4-9-22-25(29(37)33(3)14-5-2)35-16-15-34(18-21-12-13-24(32)23(31)17-21)30(38)26(35)28(27(22)36)39-19-20-10-7-6-8-11-20/h4-8,10-13,17H,1-2,9,14-16,18-19H2,3H3. The van der Waals surface area contributed by atoms with E-state index in [4.69, 9.17) is 16.3 Å². The van der Waals surface area contributed by atoms with Crippen LogP contribution in [0.5, 0.6) is 5.75 Å². The predicted molar refractivity (Wildman–Crippen MR) is 149 cm³/mol. The van der Waals surface area contributed by atoms with Crippen LogP contribution in [-0.2, 0) is 26.1 Å². The topological polar surface area (TPSA) is 71.8 Å². The van der Waals surface area contributed by atoms with Gasteiger partial charge in [-0.1, -0.05) is 60.2 Å². The molecule has 4 rings (SSSR count). The third kappa shape index (κ3) is 5.81. The first kappa shape index (κ1) is 27.9. The molecule has 9 heteroatoms. The minimum absolute atomic E-state index is 0.00134. The molecule has 7 nitrogen and oxygen atoms in total. The molecule has 0 aliphatic carbocycles. The first-order chi connectivity index (χ1) is 18.8. The van der Waals surface area contributed by atoms with Crippen LogP contribution in [0.25, 0.3) is 0 Å². The molecule has 2 heterocycles. The Balaban J connectivity index is 1.85. The van der Waals surface area contributed by atoms with Gasteiger partial charge in [0.25, 0.3) is 11.8 Å². The van der Waals surface area contributed by atoms with Gasteiger partial charge in [-0.3, -0.25) is 14.4 Å². The number of fused-ring (bicyclic) bond motifs is 1. The molecule has 0 spiro atoms. The van der Waals surface area contributed by atoms with Crippen LogP contribution in [0.15, 0.2) is 78.6 Å².